The average Bonchev–Trinajstić information content (AvgIpc) is 2.49. The van der Waals surface area contributed by atoms with Crippen molar-refractivity contribution in [2.45, 2.75) is 33.1 Å². The molecule has 0 aliphatic carbocycles. The van der Waals surface area contributed by atoms with Gasteiger partial charge in [0.1, 0.15) is 5.75 Å². The summed E-state index contributed by atoms with van der Waals surface area (Å²) in [6.07, 6.45) is 3.23. The van der Waals surface area contributed by atoms with Crippen LogP contribution in [0.25, 0.3) is 0 Å². The number of ether oxygens (including phenoxy) is 1. The lowest BCUT2D eigenvalue weighted by Crippen LogP contribution is -2.34. The van der Waals surface area contributed by atoms with Crippen LogP contribution in [-0.2, 0) is 6.42 Å². The first-order chi connectivity index (χ1) is 10.2. The van der Waals surface area contributed by atoms with E-state index in [0.717, 1.165) is 37.4 Å². The first kappa shape index (κ1) is 15.8. The van der Waals surface area contributed by atoms with Crippen molar-refractivity contribution in [1.29, 1.82) is 0 Å². The van der Waals surface area contributed by atoms with Gasteiger partial charge in [-0.25, -0.2) is 0 Å². The van der Waals surface area contributed by atoms with Gasteiger partial charge in [0.2, 0.25) is 5.91 Å². The predicted molar refractivity (Wildman–Crippen MR) is 84.7 cm³/mol. The number of hydrogen-bond donors (Lipinski definition) is 1. The zero-order valence-corrected chi connectivity index (χ0v) is 13.1. The van der Waals surface area contributed by atoms with E-state index >= 15 is 0 Å². The molecule has 0 radical (unpaired) electrons. The van der Waals surface area contributed by atoms with Crippen molar-refractivity contribution in [3.63, 3.8) is 0 Å². The zero-order valence-electron chi connectivity index (χ0n) is 13.1. The van der Waals surface area contributed by atoms with E-state index in [-0.39, 0.29) is 5.91 Å². The molecule has 1 aliphatic rings. The van der Waals surface area contributed by atoms with Gasteiger partial charge in [0.25, 0.3) is 0 Å². The molecule has 116 valence electrons. The summed E-state index contributed by atoms with van der Waals surface area (Å²) in [4.78, 5) is 14.1. The predicted octanol–water partition coefficient (Wildman–Crippen LogP) is 2.46. The maximum Gasteiger partial charge on any atom is 0.249 e. The minimum absolute atomic E-state index is 0.363. The van der Waals surface area contributed by atoms with Crippen LogP contribution < -0.4 is 10.5 Å². The first-order valence-electron chi connectivity index (χ1n) is 7.92. The lowest BCUT2D eigenvalue weighted by Gasteiger charge is -2.31. The normalized spacial score (nSPS) is 16.9. The average molecular weight is 290 g/mol. The number of carbonyl (C=O) groups excluding carboxylic acids is 1. The molecule has 1 fully saturated rings. The molecule has 1 amide bonds. The molecule has 0 unspecified atom stereocenters. The minimum atomic E-state index is -0.363. The van der Waals surface area contributed by atoms with Gasteiger partial charge in [0.05, 0.1) is 6.61 Å². The molecule has 4 heteroatoms. The quantitative estimate of drug-likeness (QED) is 0.875. The van der Waals surface area contributed by atoms with Crippen molar-refractivity contribution < 1.29 is 9.53 Å². The summed E-state index contributed by atoms with van der Waals surface area (Å²) >= 11 is 0. The largest absolute Gasteiger partial charge is 0.494 e. The number of primary amides is 1. The Kier molecular flexibility index (Phi) is 5.62. The van der Waals surface area contributed by atoms with Crippen molar-refractivity contribution >= 4 is 5.91 Å². The molecule has 1 aromatic rings. The number of benzene rings is 1. The van der Waals surface area contributed by atoms with Crippen molar-refractivity contribution in [2.75, 3.05) is 26.2 Å². The fourth-order valence-corrected chi connectivity index (χ4v) is 3.09. The molecular formula is C17H26N2O2. The highest BCUT2D eigenvalue weighted by atomic mass is 16.5. The van der Waals surface area contributed by atoms with Gasteiger partial charge in [0.15, 0.2) is 0 Å². The first-order valence-corrected chi connectivity index (χ1v) is 7.92. The van der Waals surface area contributed by atoms with Gasteiger partial charge in [-0.2, -0.15) is 0 Å². The highest BCUT2D eigenvalue weighted by Crippen LogP contribution is 2.29. The molecule has 0 atom stereocenters. The maximum atomic E-state index is 11.7. The Morgan fingerprint density at radius 1 is 1.33 bits per heavy atom. The van der Waals surface area contributed by atoms with Crippen LogP contribution in [0.3, 0.4) is 0 Å². The van der Waals surface area contributed by atoms with E-state index in [1.807, 2.05) is 19.1 Å². The van der Waals surface area contributed by atoms with Crippen LogP contribution in [0.15, 0.2) is 18.2 Å². The van der Waals surface area contributed by atoms with Crippen LogP contribution in [0, 0.1) is 5.92 Å². The second-order valence-electron chi connectivity index (χ2n) is 5.66. The zero-order chi connectivity index (χ0) is 15.2. The summed E-state index contributed by atoms with van der Waals surface area (Å²) in [6, 6.07) is 5.59. The molecule has 0 spiro atoms. The van der Waals surface area contributed by atoms with Gasteiger partial charge < -0.3 is 15.4 Å². The van der Waals surface area contributed by atoms with Gasteiger partial charge in [-0.15, -0.1) is 0 Å². The van der Waals surface area contributed by atoms with E-state index < -0.39 is 0 Å². The van der Waals surface area contributed by atoms with E-state index in [2.05, 4.69) is 11.8 Å². The molecule has 1 aliphatic heterocycles. The van der Waals surface area contributed by atoms with Crippen molar-refractivity contribution in [1.82, 2.24) is 4.90 Å². The lowest BCUT2D eigenvalue weighted by molar-refractivity contribution is 0.0998. The van der Waals surface area contributed by atoms with Gasteiger partial charge >= 0.3 is 0 Å². The number of nitrogens with zero attached hydrogens (tertiary/aromatic N) is 1. The molecule has 1 aromatic carbocycles. The van der Waals surface area contributed by atoms with Crippen molar-refractivity contribution in [3.05, 3.63) is 29.3 Å². The van der Waals surface area contributed by atoms with E-state index in [1.54, 1.807) is 6.07 Å². The summed E-state index contributed by atoms with van der Waals surface area (Å²) in [7, 11) is 0. The van der Waals surface area contributed by atoms with E-state index in [4.69, 9.17) is 10.5 Å². The van der Waals surface area contributed by atoms with E-state index in [1.165, 1.54) is 12.8 Å². The Balaban J connectivity index is 2.15. The lowest BCUT2D eigenvalue weighted by atomic mass is 9.87. The summed E-state index contributed by atoms with van der Waals surface area (Å²) in [5.74, 6) is 1.05. The van der Waals surface area contributed by atoms with Gasteiger partial charge in [-0.05, 0) is 63.9 Å². The summed E-state index contributed by atoms with van der Waals surface area (Å²) in [5, 5.41) is 0. The summed E-state index contributed by atoms with van der Waals surface area (Å²) in [6.45, 7) is 8.17. The van der Waals surface area contributed by atoms with E-state index in [9.17, 15) is 4.79 Å². The van der Waals surface area contributed by atoms with Crippen LogP contribution >= 0.6 is 0 Å². The van der Waals surface area contributed by atoms with Crippen molar-refractivity contribution in [2.24, 2.45) is 11.7 Å². The number of carbonyl (C=O) groups is 1. The highest BCUT2D eigenvalue weighted by molar-refractivity contribution is 5.95. The third-order valence-electron chi connectivity index (χ3n) is 4.35. The van der Waals surface area contributed by atoms with Crippen LogP contribution in [0.2, 0.25) is 0 Å². The Labute approximate surface area is 127 Å². The van der Waals surface area contributed by atoms with Crippen LogP contribution in [0.4, 0.5) is 0 Å². The number of nitrogens with two attached hydrogens (primary N) is 1. The highest BCUT2D eigenvalue weighted by Gasteiger charge is 2.22. The van der Waals surface area contributed by atoms with Gasteiger partial charge in [0, 0.05) is 11.1 Å². The molecule has 0 saturated carbocycles. The third kappa shape index (κ3) is 3.97. The molecule has 1 saturated heterocycles. The van der Waals surface area contributed by atoms with Crippen LogP contribution in [0.1, 0.15) is 42.6 Å². The molecule has 0 aromatic heterocycles. The molecule has 21 heavy (non-hydrogen) atoms. The number of hydrogen-bond acceptors (Lipinski definition) is 3. The smallest absolute Gasteiger partial charge is 0.249 e. The fraction of sp³-hybridized carbons (Fsp3) is 0.588. The topological polar surface area (TPSA) is 55.6 Å². The number of amides is 1. The number of rotatable bonds is 6. The Bertz CT molecular complexity index is 480. The van der Waals surface area contributed by atoms with Crippen molar-refractivity contribution in [3.8, 4) is 5.75 Å². The molecular weight excluding hydrogens is 264 g/mol. The fourth-order valence-electron chi connectivity index (χ4n) is 3.09. The molecule has 2 rings (SSSR count). The number of piperidine rings is 1. The standard InChI is InChI=1S/C17H26N2O2/c1-3-19-10-8-13(9-11-19)12-15-14(17(18)20)6-5-7-16(15)21-4-2/h5-7,13H,3-4,8-12H2,1-2H3,(H2,18,20). The second kappa shape index (κ2) is 7.46. The van der Waals surface area contributed by atoms with Gasteiger partial charge in [-0.3, -0.25) is 4.79 Å². The molecule has 1 heterocycles. The monoisotopic (exact) mass is 290 g/mol. The molecule has 2 N–H and O–H groups in total. The molecule has 0 bridgehead atoms. The Morgan fingerprint density at radius 3 is 2.62 bits per heavy atom. The SMILES string of the molecule is CCOc1cccc(C(N)=O)c1CC1CCN(CC)CC1. The Morgan fingerprint density at radius 2 is 2.05 bits per heavy atom. The van der Waals surface area contributed by atoms with Crippen LogP contribution in [-0.4, -0.2) is 37.0 Å². The summed E-state index contributed by atoms with van der Waals surface area (Å²) < 4.78 is 5.69. The van der Waals surface area contributed by atoms with Gasteiger partial charge in [-0.1, -0.05) is 13.0 Å². The molecule has 4 nitrogen and oxygen atoms in total. The Hall–Kier alpha value is -1.55. The number of likely N-dealkylation sites (tertiary alicyclic amines) is 1. The summed E-state index contributed by atoms with van der Waals surface area (Å²) in [5.41, 5.74) is 7.12. The van der Waals surface area contributed by atoms with E-state index in [0.29, 0.717) is 18.1 Å². The maximum absolute atomic E-state index is 11.7. The third-order valence-corrected chi connectivity index (χ3v) is 4.35. The second-order valence-corrected chi connectivity index (χ2v) is 5.66. The minimum Gasteiger partial charge on any atom is -0.494 e. The van der Waals surface area contributed by atoms with Crippen LogP contribution in [0.5, 0.6) is 5.75 Å².